The molecular weight excluding hydrogens is 1620 g/mol. The summed E-state index contributed by atoms with van der Waals surface area (Å²) in [6, 6.07) is -5.87. The molecule has 0 aromatic rings. The van der Waals surface area contributed by atoms with Crippen LogP contribution in [0.2, 0.25) is 0 Å². The number of carbonyl (C=O) groups is 3. The van der Waals surface area contributed by atoms with Gasteiger partial charge in [0, 0.05) is 20.8 Å². The van der Waals surface area contributed by atoms with Gasteiger partial charge in [-0.15, -0.1) is 0 Å². The third-order valence-electron chi connectivity index (χ3n) is 22.0. The van der Waals surface area contributed by atoms with Gasteiger partial charge in [0.2, 0.25) is 17.7 Å². The summed E-state index contributed by atoms with van der Waals surface area (Å²) in [7, 11) is 0. The molecule has 0 aliphatic carbocycles. The van der Waals surface area contributed by atoms with Crippen LogP contribution in [0.4, 0.5) is 0 Å². The Balaban J connectivity index is 0.917. The highest BCUT2D eigenvalue weighted by molar-refractivity contribution is 5.74. The fourth-order valence-corrected chi connectivity index (χ4v) is 15.4. The highest BCUT2D eigenvalue weighted by Crippen LogP contribution is 2.41. The lowest BCUT2D eigenvalue weighted by Crippen LogP contribution is -2.71. The van der Waals surface area contributed by atoms with Crippen molar-refractivity contribution in [3.63, 3.8) is 0 Å². The highest BCUT2D eigenvalue weighted by Gasteiger charge is 2.62. The molecule has 0 radical (unpaired) electrons. The average molecular weight is 1730 g/mol. The van der Waals surface area contributed by atoms with Gasteiger partial charge in [-0.25, -0.2) is 0 Å². The highest BCUT2D eigenvalue weighted by atomic mass is 16.8. The molecule has 10 heterocycles. The van der Waals surface area contributed by atoms with Crippen LogP contribution in [0.5, 0.6) is 0 Å². The molecule has 10 rings (SSSR count). The standard InChI is InChI=1S/C66H111N3O49/c1-14-30(80)38(88)44(94)61(101-14)115-53-29(69-18(5)79)60(109-25(12-76)51(53)113-63-46(96)40(90)32(82)19(6-70)105-63)116-54-35(85)22(9-73)106-64(47(54)97)111-49-24(11-75)108-58(27(37(49)87)67-16(3)77)100-13-26-36(86)55(48(98)65(110-26)112-50-23(10-74)103-57(99)43(93)42(50)92)117-59-28(68-17(4)78)52(34(84)21(8-72)104-59)114-66-56(41(91)33(83)20(7-71)107-66)118-62-45(95)39(89)31(81)15(2)102-62/h14-15,19-66,70-76,80-99H,6-13H2,1-5H3,(H,67,77)(H,68,78)(H,69,79)/t14-,15-,19+,20+,21+,22+,23+,24+,25+,26+,27+,28+,29+,30+,31+,32-,33-,34+,35-,36-,37+,38+,39+,40-,41-,42+,43+,44-,45-,46+,47+,48+,49+,50+,51+,52+,53+,54-,55-,56+,57?,58+,59-,60-,61-,62-,63-,64-,65-,66-/m0/s1. The molecule has 118 heavy (non-hydrogen) atoms. The zero-order valence-corrected chi connectivity index (χ0v) is 63.6. The first-order chi connectivity index (χ1) is 55.8. The first kappa shape index (κ1) is 96.8. The molecule has 0 bridgehead atoms. The molecule has 0 aromatic carbocycles. The smallest absolute Gasteiger partial charge is 0.217 e. The second-order valence-electron chi connectivity index (χ2n) is 30.2. The summed E-state index contributed by atoms with van der Waals surface area (Å²) in [5.74, 6) is -2.91. The molecule has 684 valence electrons. The van der Waals surface area contributed by atoms with Gasteiger partial charge in [0.15, 0.2) is 62.9 Å². The number of hydrogen-bond donors (Lipinski definition) is 30. The van der Waals surface area contributed by atoms with Gasteiger partial charge in [-0.3, -0.25) is 14.4 Å². The van der Waals surface area contributed by atoms with Crippen LogP contribution in [-0.2, 0) is 104 Å². The number of aliphatic hydroxyl groups excluding tert-OH is 27. The largest absolute Gasteiger partial charge is 0.394 e. The molecule has 10 aliphatic heterocycles. The van der Waals surface area contributed by atoms with Crippen molar-refractivity contribution in [2.45, 2.75) is 341 Å². The van der Waals surface area contributed by atoms with Crippen LogP contribution in [0.1, 0.15) is 34.6 Å². The van der Waals surface area contributed by atoms with Crippen LogP contribution >= 0.6 is 0 Å². The second kappa shape index (κ2) is 41.8. The molecule has 52 heteroatoms. The summed E-state index contributed by atoms with van der Waals surface area (Å²) in [4.78, 5) is 39.7. The molecule has 52 nitrogen and oxygen atoms in total. The van der Waals surface area contributed by atoms with Gasteiger partial charge in [-0.1, -0.05) is 0 Å². The van der Waals surface area contributed by atoms with Gasteiger partial charge in [0.25, 0.3) is 0 Å². The Morgan fingerprint density at radius 3 is 1.01 bits per heavy atom. The Bertz CT molecular complexity index is 3140. The molecular formula is C66H111N3O49. The van der Waals surface area contributed by atoms with E-state index in [-0.39, 0.29) is 0 Å². The van der Waals surface area contributed by atoms with Crippen LogP contribution in [-0.4, -0.2) is 515 Å². The Morgan fingerprint density at radius 2 is 0.534 bits per heavy atom. The number of rotatable bonds is 29. The van der Waals surface area contributed by atoms with E-state index in [1.165, 1.54) is 13.8 Å². The van der Waals surface area contributed by atoms with Crippen molar-refractivity contribution in [2.24, 2.45) is 0 Å². The van der Waals surface area contributed by atoms with Crippen molar-refractivity contribution in [1.29, 1.82) is 0 Å². The number of aliphatic hydroxyl groups is 27. The zero-order valence-electron chi connectivity index (χ0n) is 63.6. The molecule has 30 N–H and O–H groups in total. The van der Waals surface area contributed by atoms with Crippen molar-refractivity contribution in [3.05, 3.63) is 0 Å². The summed E-state index contributed by atoms with van der Waals surface area (Å²) in [6.07, 6.45) is -95.6. The number of nitrogens with one attached hydrogen (secondary N) is 3. The number of ether oxygens (including phenoxy) is 19. The minimum atomic E-state index is -2.45. The summed E-state index contributed by atoms with van der Waals surface area (Å²) in [5.41, 5.74) is 0. The molecule has 10 aliphatic rings. The minimum absolute atomic E-state index is 0.926. The topological polar surface area (TPSA) is 809 Å². The molecule has 3 amide bonds. The maximum Gasteiger partial charge on any atom is 0.217 e. The van der Waals surface area contributed by atoms with Crippen LogP contribution in [0.15, 0.2) is 0 Å². The maximum atomic E-state index is 13.3. The number of hydrogen-bond acceptors (Lipinski definition) is 49. The van der Waals surface area contributed by atoms with Gasteiger partial charge in [-0.05, 0) is 13.8 Å². The first-order valence-corrected chi connectivity index (χ1v) is 37.9. The normalized spacial score (nSPS) is 51.1. The predicted molar refractivity (Wildman–Crippen MR) is 362 cm³/mol. The Labute approximate surface area is 668 Å². The van der Waals surface area contributed by atoms with Crippen molar-refractivity contribution in [1.82, 2.24) is 16.0 Å². The van der Waals surface area contributed by atoms with Crippen molar-refractivity contribution >= 4 is 17.7 Å². The predicted octanol–water partition coefficient (Wildman–Crippen LogP) is -20.3. The van der Waals surface area contributed by atoms with E-state index in [0.29, 0.717) is 0 Å². The Morgan fingerprint density at radius 1 is 0.237 bits per heavy atom. The fraction of sp³-hybridized carbons (Fsp3) is 0.955. The quantitative estimate of drug-likeness (QED) is 0.0331. The van der Waals surface area contributed by atoms with Gasteiger partial charge in [0.05, 0.1) is 65.1 Å². The summed E-state index contributed by atoms with van der Waals surface area (Å²) < 4.78 is 113. The van der Waals surface area contributed by atoms with Crippen LogP contribution < -0.4 is 16.0 Å². The molecule has 0 saturated carbocycles. The molecule has 10 fully saturated rings. The van der Waals surface area contributed by atoms with Gasteiger partial charge < -0.3 is 244 Å². The van der Waals surface area contributed by atoms with E-state index in [2.05, 4.69) is 16.0 Å². The molecule has 1 unspecified atom stereocenters. The van der Waals surface area contributed by atoms with E-state index in [1.54, 1.807) is 0 Å². The van der Waals surface area contributed by atoms with E-state index in [4.69, 9.17) is 90.0 Å². The van der Waals surface area contributed by atoms with Crippen LogP contribution in [0, 0.1) is 0 Å². The number of amides is 3. The zero-order chi connectivity index (χ0) is 86.8. The van der Waals surface area contributed by atoms with Gasteiger partial charge in [0.1, 0.15) is 232 Å². The second-order valence-corrected chi connectivity index (χ2v) is 30.2. The Kier molecular flexibility index (Phi) is 34.3. The van der Waals surface area contributed by atoms with Crippen molar-refractivity contribution in [2.75, 3.05) is 52.9 Å². The van der Waals surface area contributed by atoms with E-state index in [0.717, 1.165) is 20.8 Å². The third kappa shape index (κ3) is 20.8. The maximum absolute atomic E-state index is 13.3. The average Bonchev–Trinajstić information content (AvgIpc) is 0.765. The molecule has 10 saturated heterocycles. The fourth-order valence-electron chi connectivity index (χ4n) is 15.4. The monoisotopic (exact) mass is 1730 g/mol. The van der Waals surface area contributed by atoms with Crippen molar-refractivity contribution in [3.8, 4) is 0 Å². The molecule has 50 atom stereocenters. The first-order valence-electron chi connectivity index (χ1n) is 37.9. The SMILES string of the molecule is CC(=O)N[C@H]1[C@H](OC[C@H]2O[C@@H](O[C@H]3[C@H](O)[C@@H](O)C(O)O[C@@H]3CO)[C@H](O)[C@@H](O[C@@H]3O[C@H](CO)[C@@H](O)[C@H](O[C@@H]4O[C@H](CO)[C@H](O)[C@H](O)[C@H]4O[C@@H]4O[C@@H](C)[C@@H](O)[C@@H](O)[C@@H]4O)[C@H]3NC(C)=O)[C@H]2O)O[C@H](CO)[C@@H](O[C@@H]2O[C@H](CO)[C@H](O)[C@H](O[C@@H]3O[C@H](CO)[C@@H](O[C@@H]4O[C@H](CO)[C@H](O)[C@H](O)[C@H]4O)[C@H](O[C@@H]4O[C@@H](C)[C@@H](O)[C@@H](O)[C@@H]4O)[C@H]3NC(C)=O)[C@H]2O)[C@@H]1O. The summed E-state index contributed by atoms with van der Waals surface area (Å²) in [6.45, 7) is -3.57. The lowest BCUT2D eigenvalue weighted by molar-refractivity contribution is -0.393. The lowest BCUT2D eigenvalue weighted by atomic mass is 9.93. The van der Waals surface area contributed by atoms with E-state index >= 15 is 0 Å². The van der Waals surface area contributed by atoms with E-state index < -0.39 is 377 Å². The van der Waals surface area contributed by atoms with Crippen LogP contribution in [0.3, 0.4) is 0 Å². The summed E-state index contributed by atoms with van der Waals surface area (Å²) >= 11 is 0. The minimum Gasteiger partial charge on any atom is -0.394 e. The molecule has 0 aromatic heterocycles. The number of carbonyl (C=O) groups excluding carboxylic acids is 3. The summed E-state index contributed by atoms with van der Waals surface area (Å²) in [5, 5.41) is 306. The lowest BCUT2D eigenvalue weighted by Gasteiger charge is -2.52. The van der Waals surface area contributed by atoms with Gasteiger partial charge in [-0.2, -0.15) is 0 Å². The van der Waals surface area contributed by atoms with E-state index in [9.17, 15) is 152 Å². The third-order valence-corrected chi connectivity index (χ3v) is 22.0. The van der Waals surface area contributed by atoms with E-state index in [1.807, 2.05) is 0 Å². The molecule has 0 spiro atoms. The van der Waals surface area contributed by atoms with Crippen LogP contribution in [0.25, 0.3) is 0 Å². The Hall–Kier alpha value is -3.43. The van der Waals surface area contributed by atoms with Gasteiger partial charge >= 0.3 is 0 Å². The van der Waals surface area contributed by atoms with Crippen molar-refractivity contribution < 1.29 is 242 Å².